The van der Waals surface area contributed by atoms with Crippen LogP contribution in [0.3, 0.4) is 0 Å². The molecule has 0 saturated carbocycles. The van der Waals surface area contributed by atoms with E-state index in [1.165, 1.54) is 5.56 Å². The average molecular weight is 276 g/mol. The molecule has 112 valence electrons. The lowest BCUT2D eigenvalue weighted by atomic mass is 9.88. The third-order valence-electron chi connectivity index (χ3n) is 4.03. The van der Waals surface area contributed by atoms with Gasteiger partial charge in [0.05, 0.1) is 5.92 Å². The third-order valence-corrected chi connectivity index (χ3v) is 4.03. The molecular formula is C17H28N2O. The molecule has 0 fully saturated rings. The summed E-state index contributed by atoms with van der Waals surface area (Å²) in [4.78, 5) is 14.0. The van der Waals surface area contributed by atoms with Gasteiger partial charge >= 0.3 is 0 Å². The van der Waals surface area contributed by atoms with Crippen molar-refractivity contribution < 1.29 is 4.79 Å². The predicted molar refractivity (Wildman–Crippen MR) is 84.8 cm³/mol. The second kappa shape index (κ2) is 7.44. The van der Waals surface area contributed by atoms with Crippen LogP contribution in [0.4, 0.5) is 0 Å². The van der Waals surface area contributed by atoms with E-state index in [-0.39, 0.29) is 11.8 Å². The number of benzene rings is 1. The molecule has 1 aromatic carbocycles. The number of carbonyl (C=O) groups is 1. The number of primary amides is 1. The van der Waals surface area contributed by atoms with Gasteiger partial charge in [-0.25, -0.2) is 0 Å². The Hall–Kier alpha value is -1.35. The number of nitrogens with two attached hydrogens (primary N) is 1. The first kappa shape index (κ1) is 16.7. The van der Waals surface area contributed by atoms with E-state index >= 15 is 0 Å². The van der Waals surface area contributed by atoms with Crippen LogP contribution in [0.25, 0.3) is 0 Å². The van der Waals surface area contributed by atoms with E-state index in [0.717, 1.165) is 18.4 Å². The van der Waals surface area contributed by atoms with Gasteiger partial charge in [-0.05, 0) is 44.0 Å². The van der Waals surface area contributed by atoms with Gasteiger partial charge in [0.1, 0.15) is 0 Å². The molecule has 1 aromatic rings. The summed E-state index contributed by atoms with van der Waals surface area (Å²) in [6, 6.07) is 8.65. The van der Waals surface area contributed by atoms with Crippen molar-refractivity contribution in [3.63, 3.8) is 0 Å². The van der Waals surface area contributed by atoms with Crippen LogP contribution in [-0.2, 0) is 4.79 Å². The molecule has 1 amide bonds. The molecule has 0 spiro atoms. The Morgan fingerprint density at radius 3 is 2.30 bits per heavy atom. The van der Waals surface area contributed by atoms with Gasteiger partial charge in [-0.1, -0.05) is 45.0 Å². The zero-order chi connectivity index (χ0) is 15.3. The van der Waals surface area contributed by atoms with Crippen molar-refractivity contribution in [1.29, 1.82) is 0 Å². The van der Waals surface area contributed by atoms with E-state index in [9.17, 15) is 4.79 Å². The highest BCUT2D eigenvalue weighted by molar-refractivity contribution is 5.82. The Balaban J connectivity index is 3.02. The predicted octanol–water partition coefficient (Wildman–Crippen LogP) is 3.11. The van der Waals surface area contributed by atoms with Gasteiger partial charge in [-0.15, -0.1) is 0 Å². The van der Waals surface area contributed by atoms with Crippen LogP contribution in [0.5, 0.6) is 0 Å². The van der Waals surface area contributed by atoms with Crippen LogP contribution in [0.2, 0.25) is 0 Å². The number of hydrogen-bond acceptors (Lipinski definition) is 2. The van der Waals surface area contributed by atoms with Gasteiger partial charge < -0.3 is 10.6 Å². The molecule has 0 radical (unpaired) electrons. The lowest BCUT2D eigenvalue weighted by Gasteiger charge is -2.27. The first-order valence-corrected chi connectivity index (χ1v) is 7.42. The molecule has 2 atom stereocenters. The molecule has 3 heteroatoms. The fourth-order valence-corrected chi connectivity index (χ4v) is 2.57. The maximum Gasteiger partial charge on any atom is 0.225 e. The summed E-state index contributed by atoms with van der Waals surface area (Å²) in [6.45, 7) is 6.47. The fraction of sp³-hybridized carbons (Fsp3) is 0.588. The van der Waals surface area contributed by atoms with Gasteiger partial charge in [0.15, 0.2) is 0 Å². The molecule has 3 nitrogen and oxygen atoms in total. The number of hydrogen-bond donors (Lipinski definition) is 1. The minimum atomic E-state index is -0.230. The van der Waals surface area contributed by atoms with Crippen molar-refractivity contribution in [2.75, 3.05) is 14.1 Å². The largest absolute Gasteiger partial charge is 0.369 e. The summed E-state index contributed by atoms with van der Waals surface area (Å²) in [5, 5.41) is 0. The molecule has 0 bridgehead atoms. The quantitative estimate of drug-likeness (QED) is 0.831. The van der Waals surface area contributed by atoms with Gasteiger partial charge in [0, 0.05) is 6.04 Å². The molecule has 0 heterocycles. The molecule has 0 aliphatic rings. The van der Waals surface area contributed by atoms with Gasteiger partial charge in [-0.2, -0.15) is 0 Å². The summed E-state index contributed by atoms with van der Waals surface area (Å²) >= 11 is 0. The zero-order valence-corrected chi connectivity index (χ0v) is 13.4. The Morgan fingerprint density at radius 1 is 1.25 bits per heavy atom. The number of rotatable bonds is 7. The maximum atomic E-state index is 11.9. The SMILES string of the molecule is CCC(CC(C(N)=O)c1cccc(C(C)C)c1)N(C)C. The molecule has 0 saturated heterocycles. The molecule has 2 unspecified atom stereocenters. The lowest BCUT2D eigenvalue weighted by Crippen LogP contribution is -2.33. The van der Waals surface area contributed by atoms with E-state index < -0.39 is 0 Å². The van der Waals surface area contributed by atoms with E-state index in [2.05, 4.69) is 51.9 Å². The Morgan fingerprint density at radius 2 is 1.85 bits per heavy atom. The van der Waals surface area contributed by atoms with Crippen molar-refractivity contribution in [3.05, 3.63) is 35.4 Å². The summed E-state index contributed by atoms with van der Waals surface area (Å²) in [5.41, 5.74) is 7.94. The fourth-order valence-electron chi connectivity index (χ4n) is 2.57. The molecule has 1 rings (SSSR count). The summed E-state index contributed by atoms with van der Waals surface area (Å²) in [5.74, 6) is 0.0200. The van der Waals surface area contributed by atoms with Crippen LogP contribution < -0.4 is 5.73 Å². The van der Waals surface area contributed by atoms with E-state index in [1.54, 1.807) is 0 Å². The Kier molecular flexibility index (Phi) is 6.21. The summed E-state index contributed by atoms with van der Waals surface area (Å²) in [6.07, 6.45) is 1.79. The lowest BCUT2D eigenvalue weighted by molar-refractivity contribution is -0.119. The van der Waals surface area contributed by atoms with Crippen LogP contribution >= 0.6 is 0 Å². The normalized spacial score (nSPS) is 14.6. The van der Waals surface area contributed by atoms with Crippen molar-refractivity contribution in [2.24, 2.45) is 5.73 Å². The monoisotopic (exact) mass is 276 g/mol. The van der Waals surface area contributed by atoms with Crippen LogP contribution in [0.15, 0.2) is 24.3 Å². The maximum absolute atomic E-state index is 11.9. The molecule has 20 heavy (non-hydrogen) atoms. The molecule has 0 aromatic heterocycles. The molecular weight excluding hydrogens is 248 g/mol. The molecule has 2 N–H and O–H groups in total. The second-order valence-electron chi connectivity index (χ2n) is 6.04. The highest BCUT2D eigenvalue weighted by Crippen LogP contribution is 2.26. The van der Waals surface area contributed by atoms with E-state index in [0.29, 0.717) is 12.0 Å². The van der Waals surface area contributed by atoms with Crippen molar-refractivity contribution in [3.8, 4) is 0 Å². The van der Waals surface area contributed by atoms with E-state index in [4.69, 9.17) is 5.73 Å². The minimum absolute atomic E-state index is 0.207. The number of carbonyl (C=O) groups excluding carboxylic acids is 1. The average Bonchev–Trinajstić information content (AvgIpc) is 2.39. The zero-order valence-electron chi connectivity index (χ0n) is 13.4. The standard InChI is InChI=1S/C17H28N2O/c1-6-15(19(4)5)11-16(17(18)20)14-9-7-8-13(10-14)12(2)3/h7-10,12,15-16H,6,11H2,1-5H3,(H2,18,20). The van der Waals surface area contributed by atoms with Gasteiger partial charge in [-0.3, -0.25) is 4.79 Å². The van der Waals surface area contributed by atoms with Crippen LogP contribution in [0, 0.1) is 0 Å². The summed E-state index contributed by atoms with van der Waals surface area (Å²) in [7, 11) is 4.10. The van der Waals surface area contributed by atoms with E-state index in [1.807, 2.05) is 12.1 Å². The summed E-state index contributed by atoms with van der Waals surface area (Å²) < 4.78 is 0. The third kappa shape index (κ3) is 4.34. The van der Waals surface area contributed by atoms with Crippen molar-refractivity contribution in [1.82, 2.24) is 4.90 Å². The van der Waals surface area contributed by atoms with Gasteiger partial charge in [0.2, 0.25) is 5.91 Å². The van der Waals surface area contributed by atoms with Crippen molar-refractivity contribution >= 4 is 5.91 Å². The first-order chi connectivity index (χ1) is 9.36. The highest BCUT2D eigenvalue weighted by atomic mass is 16.1. The molecule has 0 aliphatic carbocycles. The number of nitrogens with zero attached hydrogens (tertiary/aromatic N) is 1. The minimum Gasteiger partial charge on any atom is -0.369 e. The van der Waals surface area contributed by atoms with Crippen molar-refractivity contribution in [2.45, 2.75) is 51.5 Å². The second-order valence-corrected chi connectivity index (χ2v) is 6.04. The number of amides is 1. The highest BCUT2D eigenvalue weighted by Gasteiger charge is 2.23. The van der Waals surface area contributed by atoms with Gasteiger partial charge in [0.25, 0.3) is 0 Å². The van der Waals surface area contributed by atoms with Crippen LogP contribution in [0.1, 0.15) is 56.6 Å². The smallest absolute Gasteiger partial charge is 0.225 e. The van der Waals surface area contributed by atoms with Crippen LogP contribution in [-0.4, -0.2) is 30.9 Å². The Bertz CT molecular complexity index is 440. The first-order valence-electron chi connectivity index (χ1n) is 7.42. The molecule has 0 aliphatic heterocycles. The topological polar surface area (TPSA) is 46.3 Å². The Labute approximate surface area is 123 Å².